The zero-order valence-corrected chi connectivity index (χ0v) is 13.1. The number of thiophene rings is 1. The van der Waals surface area contributed by atoms with Gasteiger partial charge in [0.1, 0.15) is 0 Å². The van der Waals surface area contributed by atoms with Crippen molar-refractivity contribution in [3.05, 3.63) is 45.1 Å². The fourth-order valence-electron chi connectivity index (χ4n) is 2.19. The van der Waals surface area contributed by atoms with Crippen LogP contribution in [0.15, 0.2) is 30.3 Å². The lowest BCUT2D eigenvalue weighted by Gasteiger charge is -2.16. The second-order valence-corrected chi connectivity index (χ2v) is 6.65. The number of fused-ring (bicyclic) bond motifs is 1. The molecular weight excluding hydrogens is 310 g/mol. The quantitative estimate of drug-likeness (QED) is 0.883. The molecule has 0 amide bonds. The topological polar surface area (TPSA) is 50.7 Å². The zero-order chi connectivity index (χ0) is 14.8. The summed E-state index contributed by atoms with van der Waals surface area (Å²) in [6.45, 7) is 2.74. The van der Waals surface area contributed by atoms with Crippen LogP contribution in [-0.2, 0) is 0 Å². The standard InChI is InChI=1S/C15H16ClNO3S/c1-9(14-4-5-15(16)21-14)17-7-11(18)10-2-3-12-13(6-10)20-8-19-12/h2-6,9,11,17-18H,7-8H2,1H3. The van der Waals surface area contributed by atoms with Crippen LogP contribution in [0.1, 0.15) is 29.5 Å². The Balaban J connectivity index is 1.60. The summed E-state index contributed by atoms with van der Waals surface area (Å²) in [5, 5.41) is 13.6. The average molecular weight is 326 g/mol. The van der Waals surface area contributed by atoms with Crippen LogP contribution in [0, 0.1) is 0 Å². The molecule has 2 unspecified atom stereocenters. The zero-order valence-electron chi connectivity index (χ0n) is 11.5. The highest BCUT2D eigenvalue weighted by atomic mass is 35.5. The van der Waals surface area contributed by atoms with E-state index in [0.717, 1.165) is 20.5 Å². The van der Waals surface area contributed by atoms with Gasteiger partial charge in [0.2, 0.25) is 6.79 Å². The maximum Gasteiger partial charge on any atom is 0.231 e. The smallest absolute Gasteiger partial charge is 0.231 e. The number of ether oxygens (including phenoxy) is 2. The van der Waals surface area contributed by atoms with Crippen LogP contribution in [0.5, 0.6) is 11.5 Å². The Morgan fingerprint density at radius 1 is 1.29 bits per heavy atom. The lowest BCUT2D eigenvalue weighted by molar-refractivity contribution is 0.168. The van der Waals surface area contributed by atoms with Crippen molar-refractivity contribution in [1.82, 2.24) is 5.32 Å². The van der Waals surface area contributed by atoms with Crippen molar-refractivity contribution in [3.8, 4) is 11.5 Å². The third kappa shape index (κ3) is 3.32. The van der Waals surface area contributed by atoms with Crippen molar-refractivity contribution in [2.75, 3.05) is 13.3 Å². The molecule has 1 aromatic carbocycles. The van der Waals surface area contributed by atoms with E-state index in [0.29, 0.717) is 12.3 Å². The highest BCUT2D eigenvalue weighted by Gasteiger charge is 2.17. The van der Waals surface area contributed by atoms with Crippen molar-refractivity contribution >= 4 is 22.9 Å². The van der Waals surface area contributed by atoms with E-state index in [1.54, 1.807) is 11.3 Å². The van der Waals surface area contributed by atoms with Gasteiger partial charge >= 0.3 is 0 Å². The Hall–Kier alpha value is -1.27. The second-order valence-electron chi connectivity index (χ2n) is 4.90. The highest BCUT2D eigenvalue weighted by Crippen LogP contribution is 2.34. The summed E-state index contributed by atoms with van der Waals surface area (Å²) >= 11 is 7.48. The fourth-order valence-corrected chi connectivity index (χ4v) is 3.28. The molecule has 2 atom stereocenters. The number of hydrogen-bond donors (Lipinski definition) is 2. The van der Waals surface area contributed by atoms with Crippen molar-refractivity contribution < 1.29 is 14.6 Å². The van der Waals surface area contributed by atoms with E-state index in [2.05, 4.69) is 12.2 Å². The number of rotatable bonds is 5. The molecule has 21 heavy (non-hydrogen) atoms. The summed E-state index contributed by atoms with van der Waals surface area (Å²) in [7, 11) is 0. The predicted octanol–water partition coefficient (Wildman–Crippen LogP) is 3.51. The molecule has 2 aromatic rings. The number of halogens is 1. The average Bonchev–Trinajstić information content (AvgIpc) is 3.12. The monoisotopic (exact) mass is 325 g/mol. The fraction of sp³-hybridized carbons (Fsp3) is 0.333. The predicted molar refractivity (Wildman–Crippen MR) is 83.3 cm³/mol. The van der Waals surface area contributed by atoms with Gasteiger partial charge in [-0.1, -0.05) is 17.7 Å². The molecule has 3 rings (SSSR count). The van der Waals surface area contributed by atoms with Crippen LogP contribution in [0.2, 0.25) is 4.34 Å². The molecule has 4 nitrogen and oxygen atoms in total. The first kappa shape index (κ1) is 14.7. The summed E-state index contributed by atoms with van der Waals surface area (Å²) in [6.07, 6.45) is -0.600. The van der Waals surface area contributed by atoms with Gasteiger partial charge in [0.25, 0.3) is 0 Å². The van der Waals surface area contributed by atoms with Gasteiger partial charge in [0.05, 0.1) is 10.4 Å². The number of benzene rings is 1. The van der Waals surface area contributed by atoms with E-state index in [-0.39, 0.29) is 12.8 Å². The Morgan fingerprint density at radius 2 is 2.10 bits per heavy atom. The number of hydrogen-bond acceptors (Lipinski definition) is 5. The maximum atomic E-state index is 10.3. The Labute approximate surface area is 132 Å². The number of nitrogens with one attached hydrogen (secondary N) is 1. The summed E-state index contributed by atoms with van der Waals surface area (Å²) < 4.78 is 11.4. The maximum absolute atomic E-state index is 10.3. The molecule has 0 saturated carbocycles. The molecule has 0 bridgehead atoms. The molecule has 0 aliphatic carbocycles. The van der Waals surface area contributed by atoms with Crippen molar-refractivity contribution in [3.63, 3.8) is 0 Å². The minimum atomic E-state index is -0.600. The van der Waals surface area contributed by atoms with Crippen molar-refractivity contribution in [2.45, 2.75) is 19.1 Å². The number of aliphatic hydroxyl groups excluding tert-OH is 1. The van der Waals surface area contributed by atoms with Crippen molar-refractivity contribution in [1.29, 1.82) is 0 Å². The molecule has 2 heterocycles. The van der Waals surface area contributed by atoms with Gasteiger partial charge in [-0.15, -0.1) is 11.3 Å². The largest absolute Gasteiger partial charge is 0.454 e. The lowest BCUT2D eigenvalue weighted by Crippen LogP contribution is -2.24. The molecule has 1 aliphatic heterocycles. The SMILES string of the molecule is CC(NCC(O)c1ccc2c(c1)OCO2)c1ccc(Cl)s1. The van der Waals surface area contributed by atoms with E-state index in [9.17, 15) is 5.11 Å². The molecule has 0 radical (unpaired) electrons. The molecule has 0 saturated heterocycles. The Bertz CT molecular complexity index is 631. The van der Waals surface area contributed by atoms with Gasteiger partial charge in [-0.25, -0.2) is 0 Å². The van der Waals surface area contributed by atoms with Gasteiger partial charge < -0.3 is 19.9 Å². The van der Waals surface area contributed by atoms with Crippen LogP contribution in [0.25, 0.3) is 0 Å². The minimum Gasteiger partial charge on any atom is -0.454 e. The third-order valence-electron chi connectivity index (χ3n) is 3.42. The number of aliphatic hydroxyl groups is 1. The van der Waals surface area contributed by atoms with E-state index in [1.165, 1.54) is 0 Å². The second kappa shape index (κ2) is 6.23. The van der Waals surface area contributed by atoms with Gasteiger partial charge in [0.15, 0.2) is 11.5 Å². The molecule has 0 fully saturated rings. The Kier molecular flexibility index (Phi) is 4.35. The van der Waals surface area contributed by atoms with Gasteiger partial charge in [-0.2, -0.15) is 0 Å². The van der Waals surface area contributed by atoms with Crippen LogP contribution in [-0.4, -0.2) is 18.4 Å². The molecule has 2 N–H and O–H groups in total. The van der Waals surface area contributed by atoms with E-state index in [4.69, 9.17) is 21.1 Å². The summed E-state index contributed by atoms with van der Waals surface area (Å²) in [5.41, 5.74) is 0.808. The molecule has 1 aromatic heterocycles. The first-order chi connectivity index (χ1) is 10.1. The van der Waals surface area contributed by atoms with Crippen LogP contribution in [0.4, 0.5) is 0 Å². The minimum absolute atomic E-state index is 0.145. The van der Waals surface area contributed by atoms with Crippen molar-refractivity contribution in [2.24, 2.45) is 0 Å². The third-order valence-corrected chi connectivity index (χ3v) is 4.83. The summed E-state index contributed by atoms with van der Waals surface area (Å²) in [5.74, 6) is 1.41. The molecular formula is C15H16ClNO3S. The van der Waals surface area contributed by atoms with Crippen LogP contribution >= 0.6 is 22.9 Å². The van der Waals surface area contributed by atoms with E-state index in [1.807, 2.05) is 30.3 Å². The highest BCUT2D eigenvalue weighted by molar-refractivity contribution is 7.16. The first-order valence-electron chi connectivity index (χ1n) is 6.69. The summed E-state index contributed by atoms with van der Waals surface area (Å²) in [4.78, 5) is 1.15. The van der Waals surface area contributed by atoms with E-state index >= 15 is 0 Å². The molecule has 6 heteroatoms. The first-order valence-corrected chi connectivity index (χ1v) is 7.89. The van der Waals surface area contributed by atoms with Gasteiger partial charge in [-0.3, -0.25) is 0 Å². The van der Waals surface area contributed by atoms with E-state index < -0.39 is 6.10 Å². The Morgan fingerprint density at radius 3 is 2.86 bits per heavy atom. The lowest BCUT2D eigenvalue weighted by atomic mass is 10.1. The molecule has 1 aliphatic rings. The summed E-state index contributed by atoms with van der Waals surface area (Å²) in [6, 6.07) is 9.52. The van der Waals surface area contributed by atoms with Crippen LogP contribution in [0.3, 0.4) is 0 Å². The molecule has 0 spiro atoms. The normalized spacial score (nSPS) is 16.0. The van der Waals surface area contributed by atoms with Crippen LogP contribution < -0.4 is 14.8 Å². The molecule has 112 valence electrons. The van der Waals surface area contributed by atoms with Gasteiger partial charge in [-0.05, 0) is 36.8 Å². The van der Waals surface area contributed by atoms with Gasteiger partial charge in [0, 0.05) is 17.5 Å².